The Kier molecular flexibility index (Phi) is 3.33. The van der Waals surface area contributed by atoms with Crippen molar-refractivity contribution >= 4 is 11.6 Å². The van der Waals surface area contributed by atoms with Crippen molar-refractivity contribution in [2.45, 2.75) is 39.2 Å². The summed E-state index contributed by atoms with van der Waals surface area (Å²) in [5.74, 6) is 0.664. The molecule has 98 valence electrons. The average molecular weight is 246 g/mol. The first-order valence-electron chi connectivity index (χ1n) is 6.55. The Morgan fingerprint density at radius 3 is 2.50 bits per heavy atom. The molecule has 0 heterocycles. The molecule has 0 saturated heterocycles. The normalized spacial score (nSPS) is 15.3. The molecule has 0 aliphatic heterocycles. The summed E-state index contributed by atoms with van der Waals surface area (Å²) >= 11 is 0. The third kappa shape index (κ3) is 2.66. The molecule has 1 aromatic carbocycles. The minimum atomic E-state index is -0.0906. The lowest BCUT2D eigenvalue weighted by Crippen LogP contribution is -2.45. The lowest BCUT2D eigenvalue weighted by molar-refractivity contribution is 0.0903. The van der Waals surface area contributed by atoms with Crippen LogP contribution in [0.4, 0.5) is 5.69 Å². The smallest absolute Gasteiger partial charge is 0.251 e. The molecule has 1 aliphatic carbocycles. The van der Waals surface area contributed by atoms with E-state index in [0.717, 1.165) is 16.8 Å². The molecule has 0 unspecified atom stereocenters. The van der Waals surface area contributed by atoms with Gasteiger partial charge in [0.15, 0.2) is 0 Å². The molecule has 1 aliphatic rings. The SMILES string of the molecule is CNc1ccc(C(=O)NC(C)(C)C2CC2)cc1C. The number of carbonyl (C=O) groups excluding carboxylic acids is 1. The van der Waals surface area contributed by atoms with Gasteiger partial charge in [0.2, 0.25) is 0 Å². The number of amides is 1. The summed E-state index contributed by atoms with van der Waals surface area (Å²) in [6.07, 6.45) is 2.45. The van der Waals surface area contributed by atoms with Gasteiger partial charge in [0, 0.05) is 23.8 Å². The molecular formula is C15H22N2O. The van der Waals surface area contributed by atoms with E-state index in [4.69, 9.17) is 0 Å². The third-order valence-electron chi connectivity index (χ3n) is 3.79. The maximum atomic E-state index is 12.2. The second-order valence-corrected chi connectivity index (χ2v) is 5.73. The maximum absolute atomic E-state index is 12.2. The van der Waals surface area contributed by atoms with Gasteiger partial charge >= 0.3 is 0 Å². The summed E-state index contributed by atoms with van der Waals surface area (Å²) in [6, 6.07) is 5.76. The Morgan fingerprint density at radius 1 is 1.33 bits per heavy atom. The molecule has 0 atom stereocenters. The monoisotopic (exact) mass is 246 g/mol. The van der Waals surface area contributed by atoms with E-state index in [1.54, 1.807) is 0 Å². The topological polar surface area (TPSA) is 41.1 Å². The Bertz CT molecular complexity index is 462. The number of benzene rings is 1. The number of aryl methyl sites for hydroxylation is 1. The molecule has 1 aromatic rings. The van der Waals surface area contributed by atoms with Crippen LogP contribution in [0.3, 0.4) is 0 Å². The van der Waals surface area contributed by atoms with Crippen LogP contribution in [0.2, 0.25) is 0 Å². The Labute approximate surface area is 109 Å². The van der Waals surface area contributed by atoms with Crippen molar-refractivity contribution in [3.05, 3.63) is 29.3 Å². The molecule has 1 saturated carbocycles. The fourth-order valence-electron chi connectivity index (χ4n) is 2.36. The van der Waals surface area contributed by atoms with Crippen LogP contribution in [0.5, 0.6) is 0 Å². The second kappa shape index (κ2) is 4.63. The zero-order chi connectivity index (χ0) is 13.3. The zero-order valence-corrected chi connectivity index (χ0v) is 11.6. The largest absolute Gasteiger partial charge is 0.388 e. The van der Waals surface area contributed by atoms with Gasteiger partial charge in [-0.3, -0.25) is 4.79 Å². The van der Waals surface area contributed by atoms with Crippen LogP contribution in [-0.4, -0.2) is 18.5 Å². The summed E-state index contributed by atoms with van der Waals surface area (Å²) in [6.45, 7) is 6.23. The zero-order valence-electron chi connectivity index (χ0n) is 11.6. The number of nitrogens with one attached hydrogen (secondary N) is 2. The standard InChI is InChI=1S/C15H22N2O/c1-10-9-11(5-8-13(10)16-4)14(18)17-15(2,3)12-6-7-12/h5,8-9,12,16H,6-7H2,1-4H3,(H,17,18). The quantitative estimate of drug-likeness (QED) is 0.857. The second-order valence-electron chi connectivity index (χ2n) is 5.73. The highest BCUT2D eigenvalue weighted by Crippen LogP contribution is 2.39. The van der Waals surface area contributed by atoms with E-state index in [1.165, 1.54) is 12.8 Å². The molecule has 3 nitrogen and oxygen atoms in total. The molecule has 3 heteroatoms. The predicted molar refractivity (Wildman–Crippen MR) is 75.0 cm³/mol. The van der Waals surface area contributed by atoms with Crippen molar-refractivity contribution in [2.75, 3.05) is 12.4 Å². The fraction of sp³-hybridized carbons (Fsp3) is 0.533. The van der Waals surface area contributed by atoms with Crippen LogP contribution in [0, 0.1) is 12.8 Å². The van der Waals surface area contributed by atoms with Crippen LogP contribution in [0.25, 0.3) is 0 Å². The minimum absolute atomic E-state index is 0.0256. The van der Waals surface area contributed by atoms with Gasteiger partial charge in [0.05, 0.1) is 0 Å². The van der Waals surface area contributed by atoms with Crippen LogP contribution >= 0.6 is 0 Å². The van der Waals surface area contributed by atoms with Crippen molar-refractivity contribution in [3.63, 3.8) is 0 Å². The molecule has 0 radical (unpaired) electrons. The van der Waals surface area contributed by atoms with Gasteiger partial charge in [-0.2, -0.15) is 0 Å². The van der Waals surface area contributed by atoms with E-state index in [9.17, 15) is 4.79 Å². The first-order valence-corrected chi connectivity index (χ1v) is 6.55. The minimum Gasteiger partial charge on any atom is -0.388 e. The molecule has 1 fully saturated rings. The van der Waals surface area contributed by atoms with Gasteiger partial charge in [0.25, 0.3) is 5.91 Å². The number of hydrogen-bond acceptors (Lipinski definition) is 2. The van der Waals surface area contributed by atoms with Gasteiger partial charge in [-0.25, -0.2) is 0 Å². The summed E-state index contributed by atoms with van der Waals surface area (Å²) < 4.78 is 0. The van der Waals surface area contributed by atoms with Crippen molar-refractivity contribution in [1.29, 1.82) is 0 Å². The molecule has 0 bridgehead atoms. The van der Waals surface area contributed by atoms with Gasteiger partial charge in [0.1, 0.15) is 0 Å². The molecule has 2 N–H and O–H groups in total. The highest BCUT2D eigenvalue weighted by molar-refractivity contribution is 5.95. The third-order valence-corrected chi connectivity index (χ3v) is 3.79. The first-order chi connectivity index (χ1) is 8.44. The number of anilines is 1. The summed E-state index contributed by atoms with van der Waals surface area (Å²) in [4.78, 5) is 12.2. The van der Waals surface area contributed by atoms with Gasteiger partial charge in [-0.15, -0.1) is 0 Å². The van der Waals surface area contributed by atoms with Gasteiger partial charge in [-0.05, 0) is 63.3 Å². The van der Waals surface area contributed by atoms with E-state index in [0.29, 0.717) is 5.92 Å². The van der Waals surface area contributed by atoms with E-state index in [-0.39, 0.29) is 11.4 Å². The molecule has 0 spiro atoms. The molecule has 2 rings (SSSR count). The van der Waals surface area contributed by atoms with E-state index < -0.39 is 0 Å². The number of rotatable bonds is 4. The number of carbonyl (C=O) groups is 1. The van der Waals surface area contributed by atoms with Crippen LogP contribution in [0.15, 0.2) is 18.2 Å². The predicted octanol–water partition coefficient (Wildman–Crippen LogP) is 2.96. The highest BCUT2D eigenvalue weighted by atomic mass is 16.1. The lowest BCUT2D eigenvalue weighted by atomic mass is 9.98. The fourth-order valence-corrected chi connectivity index (χ4v) is 2.36. The van der Waals surface area contributed by atoms with Crippen LogP contribution in [0.1, 0.15) is 42.6 Å². The molecule has 18 heavy (non-hydrogen) atoms. The molecule has 0 aromatic heterocycles. The van der Waals surface area contributed by atoms with Crippen molar-refractivity contribution < 1.29 is 4.79 Å². The first kappa shape index (κ1) is 12.9. The van der Waals surface area contributed by atoms with Crippen molar-refractivity contribution in [3.8, 4) is 0 Å². The van der Waals surface area contributed by atoms with Gasteiger partial charge in [-0.1, -0.05) is 0 Å². The van der Waals surface area contributed by atoms with E-state index in [1.807, 2.05) is 32.2 Å². The summed E-state index contributed by atoms with van der Waals surface area (Å²) in [5, 5.41) is 6.25. The summed E-state index contributed by atoms with van der Waals surface area (Å²) in [7, 11) is 1.89. The maximum Gasteiger partial charge on any atom is 0.251 e. The Morgan fingerprint density at radius 2 is 2.00 bits per heavy atom. The van der Waals surface area contributed by atoms with Crippen LogP contribution in [-0.2, 0) is 0 Å². The highest BCUT2D eigenvalue weighted by Gasteiger charge is 2.38. The summed E-state index contributed by atoms with van der Waals surface area (Å²) in [5.41, 5.74) is 2.80. The Hall–Kier alpha value is -1.51. The van der Waals surface area contributed by atoms with Crippen molar-refractivity contribution in [2.24, 2.45) is 5.92 Å². The van der Waals surface area contributed by atoms with Gasteiger partial charge < -0.3 is 10.6 Å². The van der Waals surface area contributed by atoms with Crippen LogP contribution < -0.4 is 10.6 Å². The van der Waals surface area contributed by atoms with E-state index >= 15 is 0 Å². The number of hydrogen-bond donors (Lipinski definition) is 2. The Balaban J connectivity index is 2.11. The molecular weight excluding hydrogens is 224 g/mol. The van der Waals surface area contributed by atoms with E-state index in [2.05, 4.69) is 24.5 Å². The molecule has 1 amide bonds. The lowest BCUT2D eigenvalue weighted by Gasteiger charge is -2.26. The van der Waals surface area contributed by atoms with Crippen molar-refractivity contribution in [1.82, 2.24) is 5.32 Å². The average Bonchev–Trinajstić information content (AvgIpc) is 3.12.